The van der Waals surface area contributed by atoms with Gasteiger partial charge in [-0.3, -0.25) is 0 Å². The highest BCUT2D eigenvalue weighted by molar-refractivity contribution is 6.26. The standard InChI is InChI=1S/C21H22N6O2/c1-9(22)17(10(2)23)20-19-13-7-16(28-5)14(18-11(3)27-29-12(18)4)6-15(13)26-21(19)25-8-24-20/h6-8,22H,23H2,1-5H3,(H,24,25,26). The van der Waals surface area contributed by atoms with E-state index in [1.165, 1.54) is 6.33 Å². The summed E-state index contributed by atoms with van der Waals surface area (Å²) in [5, 5.41) is 13.9. The monoisotopic (exact) mass is 390 g/mol. The minimum Gasteiger partial charge on any atom is -0.496 e. The third-order valence-corrected chi connectivity index (χ3v) is 5.02. The summed E-state index contributed by atoms with van der Waals surface area (Å²) in [6, 6.07) is 3.95. The number of nitrogens with one attached hydrogen (secondary N) is 2. The van der Waals surface area contributed by atoms with E-state index in [0.717, 1.165) is 38.9 Å². The van der Waals surface area contributed by atoms with Crippen molar-refractivity contribution in [3.8, 4) is 16.9 Å². The van der Waals surface area contributed by atoms with Gasteiger partial charge >= 0.3 is 0 Å². The molecule has 4 rings (SSSR count). The molecular weight excluding hydrogens is 368 g/mol. The Kier molecular flexibility index (Phi) is 4.34. The molecule has 3 aromatic heterocycles. The molecule has 8 heteroatoms. The Bertz CT molecular complexity index is 1290. The van der Waals surface area contributed by atoms with E-state index in [1.54, 1.807) is 21.0 Å². The molecule has 0 bridgehead atoms. The number of aromatic amines is 1. The Morgan fingerprint density at radius 1 is 1.21 bits per heavy atom. The lowest BCUT2D eigenvalue weighted by Crippen LogP contribution is -2.07. The molecule has 0 unspecified atom stereocenters. The zero-order chi connectivity index (χ0) is 20.9. The molecule has 0 atom stereocenters. The van der Waals surface area contributed by atoms with Crippen LogP contribution >= 0.6 is 0 Å². The molecule has 8 nitrogen and oxygen atoms in total. The van der Waals surface area contributed by atoms with Gasteiger partial charge in [0.25, 0.3) is 0 Å². The number of methoxy groups -OCH3 is 1. The minimum absolute atomic E-state index is 0.346. The molecule has 0 fully saturated rings. The molecule has 0 spiro atoms. The Balaban J connectivity index is 2.10. The maximum atomic E-state index is 8.16. The predicted molar refractivity (Wildman–Crippen MR) is 113 cm³/mol. The second-order valence-electron chi connectivity index (χ2n) is 7.05. The highest BCUT2D eigenvalue weighted by Gasteiger charge is 2.21. The maximum absolute atomic E-state index is 8.16. The van der Waals surface area contributed by atoms with Crippen molar-refractivity contribution in [2.75, 3.05) is 7.11 Å². The van der Waals surface area contributed by atoms with Gasteiger partial charge in [0.1, 0.15) is 23.5 Å². The fraction of sp³-hybridized carbons (Fsp3) is 0.238. The molecule has 0 radical (unpaired) electrons. The summed E-state index contributed by atoms with van der Waals surface area (Å²) in [6.45, 7) is 7.25. The number of fused-ring (bicyclic) bond motifs is 3. The Morgan fingerprint density at radius 3 is 2.55 bits per heavy atom. The van der Waals surface area contributed by atoms with Crippen LogP contribution in [0.15, 0.2) is 28.7 Å². The van der Waals surface area contributed by atoms with Crippen LogP contribution in [0, 0.1) is 19.3 Å². The predicted octanol–water partition coefficient (Wildman–Crippen LogP) is 4.12. The van der Waals surface area contributed by atoms with Gasteiger partial charge in [0, 0.05) is 33.4 Å². The number of hydrogen-bond acceptors (Lipinski definition) is 7. The Hall–Kier alpha value is -3.68. The molecule has 4 aromatic rings. The average Bonchev–Trinajstić information content (AvgIpc) is 3.19. The van der Waals surface area contributed by atoms with Crippen LogP contribution in [0.25, 0.3) is 38.6 Å². The summed E-state index contributed by atoms with van der Waals surface area (Å²) in [5.74, 6) is 1.41. The summed E-state index contributed by atoms with van der Waals surface area (Å²) in [4.78, 5) is 12.2. The first-order chi connectivity index (χ1) is 13.8. The number of rotatable bonds is 4. The summed E-state index contributed by atoms with van der Waals surface area (Å²) >= 11 is 0. The molecule has 148 valence electrons. The van der Waals surface area contributed by atoms with Crippen molar-refractivity contribution in [1.29, 1.82) is 5.41 Å². The normalized spacial score (nSPS) is 12.4. The molecule has 0 saturated carbocycles. The minimum atomic E-state index is 0.346. The van der Waals surface area contributed by atoms with E-state index in [1.807, 2.05) is 26.0 Å². The molecule has 0 amide bonds. The van der Waals surface area contributed by atoms with Crippen molar-refractivity contribution >= 4 is 33.2 Å². The van der Waals surface area contributed by atoms with Gasteiger partial charge < -0.3 is 25.4 Å². The zero-order valence-corrected chi connectivity index (χ0v) is 17.0. The lowest BCUT2D eigenvalue weighted by Gasteiger charge is -2.11. The molecule has 1 aromatic carbocycles. The highest BCUT2D eigenvalue weighted by atomic mass is 16.5. The summed E-state index contributed by atoms with van der Waals surface area (Å²) in [7, 11) is 1.63. The van der Waals surface area contributed by atoms with Crippen LogP contribution in [0.4, 0.5) is 0 Å². The van der Waals surface area contributed by atoms with E-state index in [-0.39, 0.29) is 0 Å². The van der Waals surface area contributed by atoms with Crippen LogP contribution in [0.5, 0.6) is 5.75 Å². The number of aromatic nitrogens is 4. The fourth-order valence-corrected chi connectivity index (χ4v) is 3.83. The largest absolute Gasteiger partial charge is 0.496 e. The van der Waals surface area contributed by atoms with E-state index >= 15 is 0 Å². The topological polar surface area (TPSA) is 127 Å². The molecule has 0 aliphatic rings. The quantitative estimate of drug-likeness (QED) is 0.450. The SMILES string of the molecule is COc1cc2c(cc1-c1c(C)noc1C)[nH]c1ncnc(C(C(C)=N)=C(C)N)c12. The van der Waals surface area contributed by atoms with Gasteiger partial charge in [0.2, 0.25) is 0 Å². The van der Waals surface area contributed by atoms with Crippen molar-refractivity contribution in [3.63, 3.8) is 0 Å². The summed E-state index contributed by atoms with van der Waals surface area (Å²) in [6.07, 6.45) is 1.48. The van der Waals surface area contributed by atoms with E-state index in [4.69, 9.17) is 20.4 Å². The third kappa shape index (κ3) is 2.84. The second-order valence-corrected chi connectivity index (χ2v) is 7.05. The molecule has 4 N–H and O–H groups in total. The fourth-order valence-electron chi connectivity index (χ4n) is 3.83. The number of hydrogen-bond donors (Lipinski definition) is 3. The third-order valence-electron chi connectivity index (χ3n) is 5.02. The van der Waals surface area contributed by atoms with Gasteiger partial charge in [-0.2, -0.15) is 0 Å². The molecule has 29 heavy (non-hydrogen) atoms. The van der Waals surface area contributed by atoms with Crippen molar-refractivity contribution < 1.29 is 9.26 Å². The van der Waals surface area contributed by atoms with Gasteiger partial charge in [0.05, 0.1) is 29.4 Å². The van der Waals surface area contributed by atoms with Crippen molar-refractivity contribution in [2.24, 2.45) is 5.73 Å². The molecule has 3 heterocycles. The zero-order valence-electron chi connectivity index (χ0n) is 17.0. The van der Waals surface area contributed by atoms with Gasteiger partial charge in [-0.1, -0.05) is 5.16 Å². The van der Waals surface area contributed by atoms with Gasteiger partial charge in [-0.25, -0.2) is 9.97 Å². The highest BCUT2D eigenvalue weighted by Crippen LogP contribution is 2.40. The lowest BCUT2D eigenvalue weighted by atomic mass is 9.98. The van der Waals surface area contributed by atoms with Crippen LogP contribution in [0.1, 0.15) is 31.0 Å². The molecule has 0 saturated heterocycles. The van der Waals surface area contributed by atoms with E-state index in [0.29, 0.717) is 34.1 Å². The Labute approximate surface area is 167 Å². The maximum Gasteiger partial charge on any atom is 0.142 e. The number of ether oxygens (including phenoxy) is 1. The van der Waals surface area contributed by atoms with Crippen LogP contribution in [0.3, 0.4) is 0 Å². The van der Waals surface area contributed by atoms with Crippen LogP contribution in [0.2, 0.25) is 0 Å². The number of benzene rings is 1. The van der Waals surface area contributed by atoms with E-state index in [9.17, 15) is 0 Å². The van der Waals surface area contributed by atoms with E-state index < -0.39 is 0 Å². The first-order valence-corrected chi connectivity index (χ1v) is 9.13. The number of nitrogens with zero attached hydrogens (tertiary/aromatic N) is 3. The lowest BCUT2D eigenvalue weighted by molar-refractivity contribution is 0.393. The van der Waals surface area contributed by atoms with Gasteiger partial charge in [-0.15, -0.1) is 0 Å². The molecule has 0 aliphatic carbocycles. The summed E-state index contributed by atoms with van der Waals surface area (Å²) in [5.41, 5.74) is 12.3. The number of aryl methyl sites for hydroxylation is 2. The van der Waals surface area contributed by atoms with Crippen LogP contribution in [-0.4, -0.2) is 32.9 Å². The number of nitrogens with two attached hydrogens (primary N) is 1. The number of allylic oxidation sites excluding steroid dienone is 2. The Morgan fingerprint density at radius 2 is 1.97 bits per heavy atom. The molecule has 0 aliphatic heterocycles. The summed E-state index contributed by atoms with van der Waals surface area (Å²) < 4.78 is 11.0. The average molecular weight is 390 g/mol. The second kappa shape index (κ2) is 6.73. The van der Waals surface area contributed by atoms with Crippen molar-refractivity contribution in [3.05, 3.63) is 41.3 Å². The van der Waals surface area contributed by atoms with Crippen molar-refractivity contribution in [2.45, 2.75) is 27.7 Å². The van der Waals surface area contributed by atoms with Gasteiger partial charge in [-0.05, 0) is 39.8 Å². The first-order valence-electron chi connectivity index (χ1n) is 9.13. The van der Waals surface area contributed by atoms with E-state index in [2.05, 4.69) is 20.1 Å². The van der Waals surface area contributed by atoms with Crippen LogP contribution < -0.4 is 10.5 Å². The number of H-pyrrole nitrogens is 1. The van der Waals surface area contributed by atoms with Crippen molar-refractivity contribution in [1.82, 2.24) is 20.1 Å². The smallest absolute Gasteiger partial charge is 0.142 e. The van der Waals surface area contributed by atoms with Gasteiger partial charge in [0.15, 0.2) is 0 Å². The van der Waals surface area contributed by atoms with Crippen LogP contribution in [-0.2, 0) is 0 Å². The molecular formula is C21H22N6O2. The first kappa shape index (κ1) is 18.7.